The van der Waals surface area contributed by atoms with Gasteiger partial charge in [-0.25, -0.2) is 0 Å². The Balaban J connectivity index is 1.88. The fourth-order valence-electron chi connectivity index (χ4n) is 4.33. The molecule has 0 amide bonds. The molecule has 3 rings (SSSR count). The number of hydrogen-bond donors (Lipinski definition) is 0. The second-order valence-electron chi connectivity index (χ2n) is 5.94. The van der Waals surface area contributed by atoms with Crippen molar-refractivity contribution in [1.29, 1.82) is 0 Å². The Kier molecular flexibility index (Phi) is 1.46. The van der Waals surface area contributed by atoms with E-state index in [1.807, 2.05) is 0 Å². The minimum absolute atomic E-state index is 0.0372. The zero-order valence-electron chi connectivity index (χ0n) is 8.33. The third-order valence-electron chi connectivity index (χ3n) is 4.83. The van der Waals surface area contributed by atoms with Crippen LogP contribution in [-0.2, 0) is 4.79 Å². The van der Waals surface area contributed by atoms with E-state index in [0.29, 0.717) is 0 Å². The largest absolute Gasteiger partial charge is 0.303 e. The van der Waals surface area contributed by atoms with E-state index in [0.717, 1.165) is 23.7 Å². The number of aldehydes is 1. The molecule has 0 aromatic rings. The SMILES string of the molecule is CC1(C=O)CC2CC3CC(C1)C3C2. The maximum absolute atomic E-state index is 11.1. The lowest BCUT2D eigenvalue weighted by Crippen LogP contribution is -2.37. The van der Waals surface area contributed by atoms with Crippen LogP contribution in [0.2, 0.25) is 0 Å². The predicted octanol–water partition coefficient (Wildman–Crippen LogP) is 2.65. The fourth-order valence-corrected chi connectivity index (χ4v) is 4.33. The van der Waals surface area contributed by atoms with Crippen LogP contribution in [0.5, 0.6) is 0 Å². The van der Waals surface area contributed by atoms with E-state index < -0.39 is 0 Å². The van der Waals surface area contributed by atoms with Gasteiger partial charge in [0, 0.05) is 5.41 Å². The van der Waals surface area contributed by atoms with Crippen molar-refractivity contribution in [2.75, 3.05) is 0 Å². The molecule has 1 heteroatoms. The molecule has 0 saturated heterocycles. The third kappa shape index (κ3) is 1.02. The molecule has 0 aromatic carbocycles. The lowest BCUT2D eigenvalue weighted by Gasteiger charge is -2.44. The minimum atomic E-state index is 0.0372. The van der Waals surface area contributed by atoms with Gasteiger partial charge in [-0.3, -0.25) is 0 Å². The normalized spacial score (nSPS) is 58.2. The van der Waals surface area contributed by atoms with Gasteiger partial charge >= 0.3 is 0 Å². The van der Waals surface area contributed by atoms with Crippen molar-refractivity contribution < 1.29 is 4.79 Å². The standard InChI is InChI=1S/C12H18O/c1-12(7-13)5-8-2-9-4-10(6-12)11(9)3-8/h7-11H,2-6H2,1H3. The molecule has 72 valence electrons. The Hall–Kier alpha value is -0.330. The van der Waals surface area contributed by atoms with E-state index in [-0.39, 0.29) is 5.41 Å². The van der Waals surface area contributed by atoms with E-state index in [9.17, 15) is 4.79 Å². The molecular weight excluding hydrogens is 160 g/mol. The van der Waals surface area contributed by atoms with Crippen molar-refractivity contribution in [2.45, 2.75) is 39.0 Å². The molecule has 2 bridgehead atoms. The van der Waals surface area contributed by atoms with Crippen LogP contribution in [0.1, 0.15) is 39.0 Å². The Morgan fingerprint density at radius 3 is 2.77 bits per heavy atom. The summed E-state index contributed by atoms with van der Waals surface area (Å²) in [5.74, 6) is 3.88. The van der Waals surface area contributed by atoms with Crippen LogP contribution in [-0.4, -0.2) is 6.29 Å². The number of rotatable bonds is 1. The van der Waals surface area contributed by atoms with Gasteiger partial charge in [0.15, 0.2) is 0 Å². The Labute approximate surface area is 79.9 Å². The number of hydrogen-bond acceptors (Lipinski definition) is 1. The van der Waals surface area contributed by atoms with Crippen molar-refractivity contribution in [3.8, 4) is 0 Å². The Morgan fingerprint density at radius 2 is 2.00 bits per heavy atom. The van der Waals surface area contributed by atoms with E-state index in [1.165, 1.54) is 38.4 Å². The van der Waals surface area contributed by atoms with Gasteiger partial charge in [-0.05, 0) is 55.8 Å². The molecule has 0 radical (unpaired) electrons. The first-order valence-electron chi connectivity index (χ1n) is 5.66. The van der Waals surface area contributed by atoms with Gasteiger partial charge in [-0.1, -0.05) is 6.92 Å². The summed E-state index contributed by atoms with van der Waals surface area (Å²) in [7, 11) is 0. The molecule has 3 aliphatic rings. The first-order chi connectivity index (χ1) is 6.20. The van der Waals surface area contributed by atoms with E-state index in [2.05, 4.69) is 6.92 Å². The quantitative estimate of drug-likeness (QED) is 0.564. The monoisotopic (exact) mass is 178 g/mol. The van der Waals surface area contributed by atoms with Crippen molar-refractivity contribution in [2.24, 2.45) is 29.1 Å². The van der Waals surface area contributed by atoms with Gasteiger partial charge in [0.25, 0.3) is 0 Å². The second-order valence-corrected chi connectivity index (χ2v) is 5.94. The summed E-state index contributed by atoms with van der Waals surface area (Å²) in [4.78, 5) is 11.1. The average Bonchev–Trinajstić information content (AvgIpc) is 2.32. The molecule has 3 aliphatic carbocycles. The van der Waals surface area contributed by atoms with Gasteiger partial charge in [0.1, 0.15) is 6.29 Å². The summed E-state index contributed by atoms with van der Waals surface area (Å²) in [6, 6.07) is 0. The van der Waals surface area contributed by atoms with Crippen LogP contribution in [0.25, 0.3) is 0 Å². The van der Waals surface area contributed by atoms with E-state index in [4.69, 9.17) is 0 Å². The van der Waals surface area contributed by atoms with E-state index in [1.54, 1.807) is 0 Å². The molecular formula is C12H18O. The van der Waals surface area contributed by atoms with Crippen LogP contribution >= 0.6 is 0 Å². The zero-order chi connectivity index (χ0) is 9.05. The average molecular weight is 178 g/mol. The van der Waals surface area contributed by atoms with Crippen LogP contribution in [0.15, 0.2) is 0 Å². The summed E-state index contributed by atoms with van der Waals surface area (Å²) >= 11 is 0. The summed E-state index contributed by atoms with van der Waals surface area (Å²) in [5, 5.41) is 0. The minimum Gasteiger partial charge on any atom is -0.303 e. The zero-order valence-corrected chi connectivity index (χ0v) is 8.33. The maximum Gasteiger partial charge on any atom is 0.125 e. The van der Waals surface area contributed by atoms with Crippen molar-refractivity contribution in [3.05, 3.63) is 0 Å². The Morgan fingerprint density at radius 1 is 1.15 bits per heavy atom. The first kappa shape index (κ1) is 8.02. The number of carbonyl (C=O) groups is 1. The Bertz CT molecular complexity index is 242. The molecule has 0 aliphatic heterocycles. The van der Waals surface area contributed by atoms with Crippen molar-refractivity contribution in [1.82, 2.24) is 0 Å². The smallest absolute Gasteiger partial charge is 0.125 e. The lowest BCUT2D eigenvalue weighted by molar-refractivity contribution is -0.118. The topological polar surface area (TPSA) is 17.1 Å². The maximum atomic E-state index is 11.1. The fraction of sp³-hybridized carbons (Fsp3) is 0.917. The summed E-state index contributed by atoms with van der Waals surface area (Å²) in [6.45, 7) is 2.17. The molecule has 3 saturated carbocycles. The van der Waals surface area contributed by atoms with Gasteiger partial charge in [0.2, 0.25) is 0 Å². The van der Waals surface area contributed by atoms with Crippen LogP contribution in [0.4, 0.5) is 0 Å². The highest BCUT2D eigenvalue weighted by atomic mass is 16.1. The highest BCUT2D eigenvalue weighted by Gasteiger charge is 2.53. The molecule has 1 nitrogen and oxygen atoms in total. The molecule has 0 aromatic heterocycles. The third-order valence-corrected chi connectivity index (χ3v) is 4.83. The lowest BCUT2D eigenvalue weighted by atomic mass is 9.61. The van der Waals surface area contributed by atoms with Gasteiger partial charge in [0.05, 0.1) is 0 Å². The highest BCUT2D eigenvalue weighted by Crippen LogP contribution is 2.61. The number of fused-ring (bicyclic) bond motifs is 1. The molecule has 5 atom stereocenters. The molecule has 13 heavy (non-hydrogen) atoms. The predicted molar refractivity (Wildman–Crippen MR) is 51.2 cm³/mol. The van der Waals surface area contributed by atoms with Crippen LogP contribution in [0, 0.1) is 29.1 Å². The van der Waals surface area contributed by atoms with Gasteiger partial charge in [-0.2, -0.15) is 0 Å². The van der Waals surface area contributed by atoms with Crippen molar-refractivity contribution >= 4 is 6.29 Å². The summed E-state index contributed by atoms with van der Waals surface area (Å²) < 4.78 is 0. The van der Waals surface area contributed by atoms with E-state index >= 15 is 0 Å². The summed E-state index contributed by atoms with van der Waals surface area (Å²) in [6.07, 6.45) is 7.92. The van der Waals surface area contributed by atoms with Gasteiger partial charge in [-0.15, -0.1) is 0 Å². The highest BCUT2D eigenvalue weighted by molar-refractivity contribution is 5.59. The molecule has 5 unspecified atom stereocenters. The first-order valence-corrected chi connectivity index (χ1v) is 5.66. The molecule has 0 N–H and O–H groups in total. The second kappa shape index (κ2) is 2.37. The number of carbonyl (C=O) groups excluding carboxylic acids is 1. The molecule has 3 fully saturated rings. The molecule has 0 spiro atoms. The van der Waals surface area contributed by atoms with Crippen LogP contribution in [0.3, 0.4) is 0 Å². The molecule has 0 heterocycles. The van der Waals surface area contributed by atoms with Crippen LogP contribution < -0.4 is 0 Å². The summed E-state index contributed by atoms with van der Waals surface area (Å²) in [5.41, 5.74) is 0.0372. The van der Waals surface area contributed by atoms with Gasteiger partial charge < -0.3 is 4.79 Å². The van der Waals surface area contributed by atoms with Crippen molar-refractivity contribution in [3.63, 3.8) is 0 Å².